The molecule has 0 aliphatic carbocycles. The first-order valence-corrected chi connectivity index (χ1v) is 6.59. The zero-order valence-corrected chi connectivity index (χ0v) is 12.1. The molecule has 0 atom stereocenters. The average Bonchev–Trinajstić information content (AvgIpc) is 2.68. The number of pyridine rings is 1. The largest absolute Gasteiger partial charge is 0.383 e. The Bertz CT molecular complexity index is 778. The van der Waals surface area contributed by atoms with Crippen molar-refractivity contribution in [3.05, 3.63) is 40.4 Å². The van der Waals surface area contributed by atoms with Crippen molar-refractivity contribution in [1.82, 2.24) is 19.4 Å². The molecule has 3 heterocycles. The van der Waals surface area contributed by atoms with Gasteiger partial charge in [-0.15, -0.1) is 0 Å². The predicted octanol–water partition coefficient (Wildman–Crippen LogP) is 2.75. The van der Waals surface area contributed by atoms with Gasteiger partial charge in [0.25, 0.3) is 0 Å². The van der Waals surface area contributed by atoms with Crippen LogP contribution in [0.4, 0.5) is 5.82 Å². The summed E-state index contributed by atoms with van der Waals surface area (Å²) < 4.78 is 2.85. The van der Waals surface area contributed by atoms with Crippen molar-refractivity contribution >= 4 is 27.4 Å². The summed E-state index contributed by atoms with van der Waals surface area (Å²) in [5, 5.41) is 0. The first-order valence-electron chi connectivity index (χ1n) is 5.80. The maximum absolute atomic E-state index is 6.16. The zero-order valence-electron chi connectivity index (χ0n) is 10.6. The molecule has 2 N–H and O–H groups in total. The molecule has 0 spiro atoms. The van der Waals surface area contributed by atoms with E-state index >= 15 is 0 Å². The first-order chi connectivity index (χ1) is 9.06. The molecule has 96 valence electrons. The standard InChI is InChI=1S/C13H12BrN5/c1-7-5-11-18-12(10-3-4-16-8(2)17-10)13(15)19(11)6-9(7)14/h3-6H,15H2,1-2H3. The van der Waals surface area contributed by atoms with Crippen LogP contribution in [0, 0.1) is 13.8 Å². The molecule has 0 bridgehead atoms. The number of nitrogens with zero attached hydrogens (tertiary/aromatic N) is 4. The van der Waals surface area contributed by atoms with Crippen LogP contribution in [0.25, 0.3) is 17.0 Å². The summed E-state index contributed by atoms with van der Waals surface area (Å²) in [7, 11) is 0. The summed E-state index contributed by atoms with van der Waals surface area (Å²) in [6, 6.07) is 3.80. The third kappa shape index (κ3) is 1.98. The Morgan fingerprint density at radius 2 is 2.05 bits per heavy atom. The minimum atomic E-state index is 0.578. The van der Waals surface area contributed by atoms with Crippen LogP contribution in [0.2, 0.25) is 0 Å². The number of hydrogen-bond acceptors (Lipinski definition) is 4. The summed E-state index contributed by atoms with van der Waals surface area (Å²) in [5.41, 5.74) is 9.50. The second-order valence-electron chi connectivity index (χ2n) is 4.37. The number of fused-ring (bicyclic) bond motifs is 1. The normalized spacial score (nSPS) is 11.1. The third-order valence-corrected chi connectivity index (χ3v) is 3.79. The van der Waals surface area contributed by atoms with E-state index in [-0.39, 0.29) is 0 Å². The van der Waals surface area contributed by atoms with E-state index < -0.39 is 0 Å². The summed E-state index contributed by atoms with van der Waals surface area (Å²) in [6.07, 6.45) is 3.63. The number of aromatic nitrogens is 4. The van der Waals surface area contributed by atoms with Crippen LogP contribution < -0.4 is 5.73 Å². The van der Waals surface area contributed by atoms with Gasteiger partial charge in [0, 0.05) is 16.9 Å². The van der Waals surface area contributed by atoms with Crippen molar-refractivity contribution in [2.24, 2.45) is 0 Å². The quantitative estimate of drug-likeness (QED) is 0.749. The van der Waals surface area contributed by atoms with Crippen molar-refractivity contribution in [3.8, 4) is 11.4 Å². The van der Waals surface area contributed by atoms with Crippen LogP contribution in [0.15, 0.2) is 29.0 Å². The highest BCUT2D eigenvalue weighted by molar-refractivity contribution is 9.10. The number of hydrogen-bond donors (Lipinski definition) is 1. The number of rotatable bonds is 1. The molecule has 6 heteroatoms. The van der Waals surface area contributed by atoms with E-state index in [4.69, 9.17) is 5.73 Å². The molecule has 0 saturated carbocycles. The van der Waals surface area contributed by atoms with Crippen molar-refractivity contribution in [2.45, 2.75) is 13.8 Å². The van der Waals surface area contributed by atoms with Gasteiger partial charge in [0.2, 0.25) is 0 Å². The van der Waals surface area contributed by atoms with Gasteiger partial charge in [0.1, 0.15) is 23.0 Å². The lowest BCUT2D eigenvalue weighted by Crippen LogP contribution is -1.96. The highest BCUT2D eigenvalue weighted by Crippen LogP contribution is 2.27. The van der Waals surface area contributed by atoms with Gasteiger partial charge in [0.05, 0.1) is 5.69 Å². The van der Waals surface area contributed by atoms with Gasteiger partial charge < -0.3 is 5.73 Å². The van der Waals surface area contributed by atoms with E-state index in [1.54, 1.807) is 6.20 Å². The molecule has 0 aromatic carbocycles. The highest BCUT2D eigenvalue weighted by atomic mass is 79.9. The Hall–Kier alpha value is -1.95. The molecule has 3 aromatic heterocycles. The van der Waals surface area contributed by atoms with E-state index in [0.29, 0.717) is 17.3 Å². The number of imidazole rings is 1. The van der Waals surface area contributed by atoms with E-state index in [9.17, 15) is 0 Å². The fourth-order valence-corrected chi connectivity index (χ4v) is 2.27. The van der Waals surface area contributed by atoms with Crippen LogP contribution in [-0.2, 0) is 0 Å². The molecule has 0 aliphatic rings. The van der Waals surface area contributed by atoms with E-state index in [2.05, 4.69) is 30.9 Å². The van der Waals surface area contributed by atoms with E-state index in [1.807, 2.05) is 36.6 Å². The van der Waals surface area contributed by atoms with Gasteiger partial charge in [-0.2, -0.15) is 0 Å². The fourth-order valence-electron chi connectivity index (χ4n) is 1.96. The van der Waals surface area contributed by atoms with Crippen LogP contribution >= 0.6 is 15.9 Å². The minimum absolute atomic E-state index is 0.578. The van der Waals surface area contributed by atoms with Crippen LogP contribution in [0.5, 0.6) is 0 Å². The molecule has 3 aromatic rings. The topological polar surface area (TPSA) is 69.1 Å². The van der Waals surface area contributed by atoms with Gasteiger partial charge in [-0.25, -0.2) is 15.0 Å². The Morgan fingerprint density at radius 1 is 1.26 bits per heavy atom. The molecule has 0 radical (unpaired) electrons. The molecule has 0 fully saturated rings. The molecule has 19 heavy (non-hydrogen) atoms. The van der Waals surface area contributed by atoms with Gasteiger partial charge in [-0.1, -0.05) is 0 Å². The first kappa shape index (κ1) is 12.1. The number of halogens is 1. The second kappa shape index (κ2) is 4.31. The van der Waals surface area contributed by atoms with Crippen LogP contribution in [-0.4, -0.2) is 19.4 Å². The maximum Gasteiger partial charge on any atom is 0.139 e. The molecule has 0 unspecified atom stereocenters. The highest BCUT2D eigenvalue weighted by Gasteiger charge is 2.13. The summed E-state index contributed by atoms with van der Waals surface area (Å²) in [6.45, 7) is 3.86. The van der Waals surface area contributed by atoms with Crippen molar-refractivity contribution < 1.29 is 0 Å². The minimum Gasteiger partial charge on any atom is -0.383 e. The van der Waals surface area contributed by atoms with Gasteiger partial charge in [-0.05, 0) is 47.5 Å². The van der Waals surface area contributed by atoms with Gasteiger partial charge in [0.15, 0.2) is 0 Å². The Balaban J connectivity index is 2.28. The average molecular weight is 318 g/mol. The summed E-state index contributed by atoms with van der Waals surface area (Å²) in [5.74, 6) is 1.28. The Morgan fingerprint density at radius 3 is 2.79 bits per heavy atom. The number of nitrogens with two attached hydrogens (primary N) is 1. The number of aryl methyl sites for hydroxylation is 2. The smallest absolute Gasteiger partial charge is 0.139 e. The molecule has 3 rings (SSSR count). The molecular weight excluding hydrogens is 306 g/mol. The van der Waals surface area contributed by atoms with E-state index in [1.165, 1.54) is 0 Å². The van der Waals surface area contributed by atoms with E-state index in [0.717, 1.165) is 21.4 Å². The Kier molecular flexibility index (Phi) is 2.74. The monoisotopic (exact) mass is 317 g/mol. The molecule has 5 nitrogen and oxygen atoms in total. The molecule has 0 aliphatic heterocycles. The summed E-state index contributed by atoms with van der Waals surface area (Å²) >= 11 is 3.50. The van der Waals surface area contributed by atoms with Crippen molar-refractivity contribution in [2.75, 3.05) is 5.73 Å². The lowest BCUT2D eigenvalue weighted by molar-refractivity contribution is 1.05. The maximum atomic E-state index is 6.16. The van der Waals surface area contributed by atoms with Crippen molar-refractivity contribution in [1.29, 1.82) is 0 Å². The third-order valence-electron chi connectivity index (χ3n) is 2.96. The number of nitrogen functional groups attached to an aromatic ring is 1. The number of anilines is 1. The van der Waals surface area contributed by atoms with Crippen LogP contribution in [0.3, 0.4) is 0 Å². The fraction of sp³-hybridized carbons (Fsp3) is 0.154. The lowest BCUT2D eigenvalue weighted by atomic mass is 10.3. The molecule has 0 saturated heterocycles. The zero-order chi connectivity index (χ0) is 13.6. The molecular formula is C13H12BrN5. The lowest BCUT2D eigenvalue weighted by Gasteiger charge is -2.01. The predicted molar refractivity (Wildman–Crippen MR) is 77.8 cm³/mol. The Labute approximate surface area is 118 Å². The van der Waals surface area contributed by atoms with Gasteiger partial charge in [-0.3, -0.25) is 4.40 Å². The van der Waals surface area contributed by atoms with Gasteiger partial charge >= 0.3 is 0 Å². The van der Waals surface area contributed by atoms with Crippen LogP contribution in [0.1, 0.15) is 11.4 Å². The second-order valence-corrected chi connectivity index (χ2v) is 5.22. The summed E-state index contributed by atoms with van der Waals surface area (Å²) in [4.78, 5) is 13.0. The molecule has 0 amide bonds. The SMILES string of the molecule is Cc1nccc(-c2nc3cc(C)c(Br)cn3c2N)n1. The van der Waals surface area contributed by atoms with Crippen molar-refractivity contribution in [3.63, 3.8) is 0 Å².